The Balaban J connectivity index is 2.03. The molecule has 1 unspecified atom stereocenters. The number of hydrogen-bond donors (Lipinski definition) is 0. The van der Waals surface area contributed by atoms with E-state index in [4.69, 9.17) is 19.0 Å². The maximum absolute atomic E-state index is 5.79. The van der Waals surface area contributed by atoms with Gasteiger partial charge in [0.05, 0.1) is 26.9 Å². The molecule has 0 spiro atoms. The van der Waals surface area contributed by atoms with Crippen molar-refractivity contribution < 1.29 is 19.0 Å². The lowest BCUT2D eigenvalue weighted by molar-refractivity contribution is -0.136. The lowest BCUT2D eigenvalue weighted by atomic mass is 9.93. The lowest BCUT2D eigenvalue weighted by Gasteiger charge is -2.20. The summed E-state index contributed by atoms with van der Waals surface area (Å²) in [6, 6.07) is 15.8. The molecule has 0 fully saturated rings. The van der Waals surface area contributed by atoms with E-state index in [-0.39, 0.29) is 6.04 Å². The fourth-order valence-corrected chi connectivity index (χ4v) is 2.88. The third-order valence-corrected chi connectivity index (χ3v) is 4.10. The molecule has 0 saturated carbocycles. The van der Waals surface area contributed by atoms with E-state index in [0.29, 0.717) is 5.95 Å². The third kappa shape index (κ3) is 2.90. The second-order valence-electron chi connectivity index (χ2n) is 5.45. The molecule has 2 aromatic rings. The number of benzene rings is 2. The van der Waals surface area contributed by atoms with Crippen molar-refractivity contribution in [3.63, 3.8) is 0 Å². The van der Waals surface area contributed by atoms with Crippen molar-refractivity contribution in [3.05, 3.63) is 65.6 Å². The van der Waals surface area contributed by atoms with E-state index in [9.17, 15) is 0 Å². The maximum Gasteiger partial charge on any atom is 0.305 e. The van der Waals surface area contributed by atoms with Gasteiger partial charge in [-0.2, -0.15) is 0 Å². The Morgan fingerprint density at radius 3 is 1.83 bits per heavy atom. The number of methoxy groups -OCH3 is 3. The molecule has 3 rings (SSSR count). The molecule has 0 bridgehead atoms. The lowest BCUT2D eigenvalue weighted by Crippen LogP contribution is -2.19. The highest BCUT2D eigenvalue weighted by molar-refractivity contribution is 5.73. The second kappa shape index (κ2) is 6.84. The highest BCUT2D eigenvalue weighted by atomic mass is 16.8. The first-order chi connectivity index (χ1) is 11.7. The maximum atomic E-state index is 5.79. The van der Waals surface area contributed by atoms with Gasteiger partial charge in [-0.05, 0) is 35.4 Å². The van der Waals surface area contributed by atoms with Gasteiger partial charge in [0.1, 0.15) is 17.5 Å². The first-order valence-electron chi connectivity index (χ1n) is 7.65. The van der Waals surface area contributed by atoms with Gasteiger partial charge in [-0.25, -0.2) is 0 Å². The summed E-state index contributed by atoms with van der Waals surface area (Å²) in [6.45, 7) is 0. The molecular formula is C19H21NO4. The Bertz CT molecular complexity index is 722. The monoisotopic (exact) mass is 327 g/mol. The van der Waals surface area contributed by atoms with Gasteiger partial charge in [-0.1, -0.05) is 24.3 Å². The Hall–Kier alpha value is -2.66. The average Bonchev–Trinajstić information content (AvgIpc) is 2.98. The van der Waals surface area contributed by atoms with Crippen LogP contribution in [-0.4, -0.2) is 33.4 Å². The number of hydrogen-bond acceptors (Lipinski definition) is 5. The van der Waals surface area contributed by atoms with Gasteiger partial charge in [-0.15, -0.1) is 5.06 Å². The second-order valence-corrected chi connectivity index (χ2v) is 5.45. The minimum Gasteiger partial charge on any atom is -0.497 e. The molecule has 0 saturated heterocycles. The van der Waals surface area contributed by atoms with Crippen LogP contribution in [-0.2, 0) is 9.57 Å². The number of ether oxygens (including phenoxy) is 3. The molecule has 2 aromatic carbocycles. The first-order valence-corrected chi connectivity index (χ1v) is 7.65. The molecule has 0 aliphatic carbocycles. The molecule has 5 nitrogen and oxygen atoms in total. The summed E-state index contributed by atoms with van der Waals surface area (Å²) in [7, 11) is 6.82. The van der Waals surface area contributed by atoms with E-state index >= 15 is 0 Å². The Kier molecular flexibility index (Phi) is 4.62. The first kappa shape index (κ1) is 16.2. The summed E-state index contributed by atoms with van der Waals surface area (Å²) in [4.78, 5) is 5.79. The number of rotatable bonds is 5. The predicted octanol–water partition coefficient (Wildman–Crippen LogP) is 3.64. The fraction of sp³-hybridized carbons (Fsp3) is 0.263. The van der Waals surface area contributed by atoms with Crippen LogP contribution in [0.4, 0.5) is 0 Å². The fourth-order valence-electron chi connectivity index (χ4n) is 2.88. The van der Waals surface area contributed by atoms with Crippen molar-refractivity contribution in [2.75, 3.05) is 28.4 Å². The molecule has 1 aliphatic rings. The number of hydroxylamine groups is 2. The summed E-state index contributed by atoms with van der Waals surface area (Å²) in [5.41, 5.74) is 3.10. The summed E-state index contributed by atoms with van der Waals surface area (Å²) in [6.07, 6.45) is 0. The smallest absolute Gasteiger partial charge is 0.305 e. The SMILES string of the molecule is COC1=C(c2ccc(OC)cc2)C(c2ccc(OC)cc2)N(C)O1. The Labute approximate surface area is 142 Å². The molecule has 1 atom stereocenters. The predicted molar refractivity (Wildman–Crippen MR) is 91.5 cm³/mol. The zero-order valence-corrected chi connectivity index (χ0v) is 14.3. The van der Waals surface area contributed by atoms with Crippen LogP contribution < -0.4 is 9.47 Å². The normalized spacial score (nSPS) is 17.6. The Morgan fingerprint density at radius 2 is 1.33 bits per heavy atom. The summed E-state index contributed by atoms with van der Waals surface area (Å²) in [5.74, 6) is 2.14. The van der Waals surface area contributed by atoms with Crippen LogP contribution in [0.15, 0.2) is 54.5 Å². The van der Waals surface area contributed by atoms with Gasteiger partial charge in [0.25, 0.3) is 0 Å². The topological polar surface area (TPSA) is 40.2 Å². The minimum atomic E-state index is -0.0701. The third-order valence-electron chi connectivity index (χ3n) is 4.10. The summed E-state index contributed by atoms with van der Waals surface area (Å²) < 4.78 is 15.9. The van der Waals surface area contributed by atoms with E-state index in [1.807, 2.05) is 55.6 Å². The molecular weight excluding hydrogens is 306 g/mol. The summed E-state index contributed by atoms with van der Waals surface area (Å²) >= 11 is 0. The molecule has 126 valence electrons. The van der Waals surface area contributed by atoms with Gasteiger partial charge in [0, 0.05) is 7.05 Å². The van der Waals surface area contributed by atoms with Crippen LogP contribution in [0.3, 0.4) is 0 Å². The molecule has 5 heteroatoms. The standard InChI is InChI=1S/C19H21NO4/c1-20-18(14-7-11-16(22-3)12-8-14)17(19(23-4)24-20)13-5-9-15(21-2)10-6-13/h5-12,18H,1-4H3. The van der Waals surface area contributed by atoms with Crippen molar-refractivity contribution in [1.82, 2.24) is 5.06 Å². The number of likely N-dealkylation sites (N-methyl/N-ethyl adjacent to an activating group) is 1. The zero-order chi connectivity index (χ0) is 17.1. The van der Waals surface area contributed by atoms with Crippen molar-refractivity contribution in [2.24, 2.45) is 0 Å². The molecule has 1 aliphatic heterocycles. The average molecular weight is 327 g/mol. The van der Waals surface area contributed by atoms with Crippen LogP contribution >= 0.6 is 0 Å². The highest BCUT2D eigenvalue weighted by Crippen LogP contribution is 2.43. The van der Waals surface area contributed by atoms with Gasteiger partial charge < -0.3 is 19.0 Å². The molecule has 0 amide bonds. The molecule has 1 heterocycles. The highest BCUT2D eigenvalue weighted by Gasteiger charge is 2.36. The molecule has 0 N–H and O–H groups in total. The molecule has 0 aromatic heterocycles. The Morgan fingerprint density at radius 1 is 0.792 bits per heavy atom. The zero-order valence-electron chi connectivity index (χ0n) is 14.3. The van der Waals surface area contributed by atoms with E-state index < -0.39 is 0 Å². The van der Waals surface area contributed by atoms with E-state index in [1.165, 1.54) is 0 Å². The van der Waals surface area contributed by atoms with Crippen LogP contribution in [0.5, 0.6) is 11.5 Å². The van der Waals surface area contributed by atoms with Crippen molar-refractivity contribution in [1.29, 1.82) is 0 Å². The van der Waals surface area contributed by atoms with E-state index in [0.717, 1.165) is 28.2 Å². The van der Waals surface area contributed by atoms with Crippen LogP contribution in [0.2, 0.25) is 0 Å². The van der Waals surface area contributed by atoms with E-state index in [1.54, 1.807) is 26.4 Å². The quantitative estimate of drug-likeness (QED) is 0.838. The van der Waals surface area contributed by atoms with Gasteiger partial charge >= 0.3 is 5.95 Å². The van der Waals surface area contributed by atoms with Crippen molar-refractivity contribution >= 4 is 5.57 Å². The molecule has 0 radical (unpaired) electrons. The van der Waals surface area contributed by atoms with E-state index in [2.05, 4.69) is 0 Å². The van der Waals surface area contributed by atoms with Crippen LogP contribution in [0, 0.1) is 0 Å². The van der Waals surface area contributed by atoms with Crippen molar-refractivity contribution in [3.8, 4) is 11.5 Å². The van der Waals surface area contributed by atoms with Gasteiger partial charge in [-0.3, -0.25) is 0 Å². The van der Waals surface area contributed by atoms with Gasteiger partial charge in [0.2, 0.25) is 0 Å². The minimum absolute atomic E-state index is 0.0701. The number of nitrogens with zero attached hydrogens (tertiary/aromatic N) is 1. The molecule has 24 heavy (non-hydrogen) atoms. The van der Waals surface area contributed by atoms with Gasteiger partial charge in [0.15, 0.2) is 0 Å². The van der Waals surface area contributed by atoms with Crippen LogP contribution in [0.25, 0.3) is 5.57 Å². The van der Waals surface area contributed by atoms with Crippen LogP contribution in [0.1, 0.15) is 17.2 Å². The largest absolute Gasteiger partial charge is 0.497 e. The van der Waals surface area contributed by atoms with Crippen molar-refractivity contribution in [2.45, 2.75) is 6.04 Å². The summed E-state index contributed by atoms with van der Waals surface area (Å²) in [5, 5.41) is 1.79.